The van der Waals surface area contributed by atoms with Gasteiger partial charge >= 0.3 is 5.97 Å². The molecular weight excluding hydrogens is 270 g/mol. The van der Waals surface area contributed by atoms with Gasteiger partial charge in [0.2, 0.25) is 0 Å². The maximum Gasteiger partial charge on any atom is 0.306 e. The van der Waals surface area contributed by atoms with Crippen molar-refractivity contribution in [2.24, 2.45) is 0 Å². The average molecular weight is 287 g/mol. The van der Waals surface area contributed by atoms with Gasteiger partial charge in [-0.15, -0.1) is 11.3 Å². The molecule has 0 spiro atoms. The van der Waals surface area contributed by atoms with Gasteiger partial charge in [-0.25, -0.2) is 0 Å². The molecule has 0 saturated heterocycles. The number of benzene rings is 1. The standard InChI is InChI=1S/C16H17NO2S/c18-16(19-8-7-13-4-3-9-20-13)10-12-11-17-15-6-2-1-5-14(12)15/h1-6,9,12,17H,7-8,10-11H2. The van der Waals surface area contributed by atoms with Gasteiger partial charge in [0, 0.05) is 29.4 Å². The van der Waals surface area contributed by atoms with Gasteiger partial charge in [-0.3, -0.25) is 4.79 Å². The third kappa shape index (κ3) is 3.02. The van der Waals surface area contributed by atoms with E-state index in [1.54, 1.807) is 11.3 Å². The molecule has 2 heterocycles. The Balaban J connectivity index is 1.48. The van der Waals surface area contributed by atoms with Crippen LogP contribution in [-0.4, -0.2) is 19.1 Å². The van der Waals surface area contributed by atoms with Crippen molar-refractivity contribution in [1.82, 2.24) is 0 Å². The second-order valence-corrected chi connectivity index (χ2v) is 5.95. The van der Waals surface area contributed by atoms with Crippen LogP contribution in [0.3, 0.4) is 0 Å². The van der Waals surface area contributed by atoms with Crippen LogP contribution in [0.25, 0.3) is 0 Å². The molecule has 20 heavy (non-hydrogen) atoms. The molecule has 1 aromatic carbocycles. The van der Waals surface area contributed by atoms with Crippen molar-refractivity contribution < 1.29 is 9.53 Å². The van der Waals surface area contributed by atoms with E-state index >= 15 is 0 Å². The minimum Gasteiger partial charge on any atom is -0.465 e. The highest BCUT2D eigenvalue weighted by Gasteiger charge is 2.24. The molecule has 1 atom stereocenters. The number of hydrogen-bond acceptors (Lipinski definition) is 4. The monoisotopic (exact) mass is 287 g/mol. The number of anilines is 1. The lowest BCUT2D eigenvalue weighted by molar-refractivity contribution is -0.143. The van der Waals surface area contributed by atoms with Crippen molar-refractivity contribution in [1.29, 1.82) is 0 Å². The van der Waals surface area contributed by atoms with Crippen LogP contribution in [0.5, 0.6) is 0 Å². The summed E-state index contributed by atoms with van der Waals surface area (Å²) in [6.45, 7) is 1.29. The summed E-state index contributed by atoms with van der Waals surface area (Å²) < 4.78 is 5.33. The number of esters is 1. The average Bonchev–Trinajstić information content (AvgIpc) is 3.09. The molecule has 0 radical (unpaired) electrons. The summed E-state index contributed by atoms with van der Waals surface area (Å²) in [6, 6.07) is 12.2. The predicted octanol–water partition coefficient (Wildman–Crippen LogP) is 3.43. The maximum absolute atomic E-state index is 11.9. The number of rotatable bonds is 5. The third-order valence-corrected chi connectivity index (χ3v) is 4.48. The summed E-state index contributed by atoms with van der Waals surface area (Å²) in [6.07, 6.45) is 1.26. The number of thiophene rings is 1. The quantitative estimate of drug-likeness (QED) is 0.856. The molecule has 0 bridgehead atoms. The van der Waals surface area contributed by atoms with Crippen molar-refractivity contribution >= 4 is 23.0 Å². The van der Waals surface area contributed by atoms with Crippen LogP contribution < -0.4 is 5.32 Å². The van der Waals surface area contributed by atoms with Gasteiger partial charge in [0.05, 0.1) is 13.0 Å². The molecule has 0 fully saturated rings. The Morgan fingerprint density at radius 2 is 2.20 bits per heavy atom. The van der Waals surface area contributed by atoms with E-state index in [2.05, 4.69) is 23.5 Å². The highest BCUT2D eigenvalue weighted by Crippen LogP contribution is 2.33. The highest BCUT2D eigenvalue weighted by atomic mass is 32.1. The maximum atomic E-state index is 11.9. The number of fused-ring (bicyclic) bond motifs is 1. The van der Waals surface area contributed by atoms with Gasteiger partial charge in [0.1, 0.15) is 0 Å². The summed E-state index contributed by atoms with van der Waals surface area (Å²) in [5.41, 5.74) is 2.37. The molecule has 1 N–H and O–H groups in total. The molecule has 0 aliphatic carbocycles. The Labute approximate surface area is 122 Å². The summed E-state index contributed by atoms with van der Waals surface area (Å²) >= 11 is 1.70. The first kappa shape index (κ1) is 13.2. The molecule has 104 valence electrons. The Morgan fingerprint density at radius 1 is 1.30 bits per heavy atom. The fourth-order valence-corrected chi connectivity index (χ4v) is 3.21. The van der Waals surface area contributed by atoms with Gasteiger partial charge in [-0.05, 0) is 23.1 Å². The van der Waals surface area contributed by atoms with Crippen LogP contribution in [0.15, 0.2) is 41.8 Å². The zero-order chi connectivity index (χ0) is 13.8. The molecule has 3 rings (SSSR count). The van der Waals surface area contributed by atoms with E-state index in [-0.39, 0.29) is 11.9 Å². The molecule has 1 aromatic heterocycles. The minimum atomic E-state index is -0.106. The van der Waals surface area contributed by atoms with E-state index in [1.807, 2.05) is 23.6 Å². The first-order chi connectivity index (χ1) is 9.83. The zero-order valence-corrected chi connectivity index (χ0v) is 12.0. The van der Waals surface area contributed by atoms with Crippen molar-refractivity contribution in [3.8, 4) is 0 Å². The zero-order valence-electron chi connectivity index (χ0n) is 11.2. The fourth-order valence-electron chi connectivity index (χ4n) is 2.52. The van der Waals surface area contributed by atoms with Crippen LogP contribution in [0.1, 0.15) is 22.8 Å². The molecule has 1 unspecified atom stereocenters. The summed E-state index contributed by atoms with van der Waals surface area (Å²) in [5, 5.41) is 5.37. The van der Waals surface area contributed by atoms with Crippen molar-refractivity contribution in [3.63, 3.8) is 0 Å². The minimum absolute atomic E-state index is 0.106. The molecule has 0 amide bonds. The van der Waals surface area contributed by atoms with Crippen molar-refractivity contribution in [2.45, 2.75) is 18.8 Å². The van der Waals surface area contributed by atoms with Gasteiger partial charge in [-0.1, -0.05) is 24.3 Å². The van der Waals surface area contributed by atoms with Gasteiger partial charge in [0.25, 0.3) is 0 Å². The van der Waals surface area contributed by atoms with Crippen LogP contribution >= 0.6 is 11.3 Å². The molecule has 2 aromatic rings. The third-order valence-electron chi connectivity index (χ3n) is 3.54. The second kappa shape index (κ2) is 6.09. The normalized spacial score (nSPS) is 16.5. The topological polar surface area (TPSA) is 38.3 Å². The molecule has 1 aliphatic rings. The Bertz CT molecular complexity index is 580. The predicted molar refractivity (Wildman–Crippen MR) is 81.3 cm³/mol. The van der Waals surface area contributed by atoms with E-state index < -0.39 is 0 Å². The number of hydrogen-bond donors (Lipinski definition) is 1. The number of carbonyl (C=O) groups excluding carboxylic acids is 1. The van der Waals surface area contributed by atoms with Crippen LogP contribution in [0.4, 0.5) is 5.69 Å². The largest absolute Gasteiger partial charge is 0.465 e. The van der Waals surface area contributed by atoms with Crippen LogP contribution in [-0.2, 0) is 16.0 Å². The van der Waals surface area contributed by atoms with E-state index in [9.17, 15) is 4.79 Å². The lowest BCUT2D eigenvalue weighted by Gasteiger charge is -2.09. The van der Waals surface area contributed by atoms with Crippen LogP contribution in [0, 0.1) is 0 Å². The van der Waals surface area contributed by atoms with E-state index in [1.165, 1.54) is 10.4 Å². The van der Waals surface area contributed by atoms with Crippen LogP contribution in [0.2, 0.25) is 0 Å². The summed E-state index contributed by atoms with van der Waals surface area (Å²) in [4.78, 5) is 13.1. The molecule has 1 aliphatic heterocycles. The van der Waals surface area contributed by atoms with E-state index in [0.29, 0.717) is 13.0 Å². The highest BCUT2D eigenvalue weighted by molar-refractivity contribution is 7.09. The Hall–Kier alpha value is -1.81. The lowest BCUT2D eigenvalue weighted by atomic mass is 9.98. The van der Waals surface area contributed by atoms with Gasteiger partial charge < -0.3 is 10.1 Å². The van der Waals surface area contributed by atoms with E-state index in [4.69, 9.17) is 4.74 Å². The number of para-hydroxylation sites is 1. The lowest BCUT2D eigenvalue weighted by Crippen LogP contribution is -2.13. The van der Waals surface area contributed by atoms with Crippen molar-refractivity contribution in [3.05, 3.63) is 52.2 Å². The molecule has 0 saturated carbocycles. The Morgan fingerprint density at radius 3 is 3.05 bits per heavy atom. The van der Waals surface area contributed by atoms with Gasteiger partial charge in [-0.2, -0.15) is 0 Å². The van der Waals surface area contributed by atoms with Gasteiger partial charge in [0.15, 0.2) is 0 Å². The SMILES string of the molecule is O=C(CC1CNc2ccccc21)OCCc1cccs1. The Kier molecular flexibility index (Phi) is 4.02. The number of carbonyl (C=O) groups is 1. The smallest absolute Gasteiger partial charge is 0.306 e. The number of nitrogens with one attached hydrogen (secondary N) is 1. The fraction of sp³-hybridized carbons (Fsp3) is 0.312. The summed E-state index contributed by atoms with van der Waals surface area (Å²) in [7, 11) is 0. The molecule has 4 heteroatoms. The first-order valence-corrected chi connectivity index (χ1v) is 7.71. The van der Waals surface area contributed by atoms with Crippen molar-refractivity contribution in [2.75, 3.05) is 18.5 Å². The summed E-state index contributed by atoms with van der Waals surface area (Å²) in [5.74, 6) is 0.130. The second-order valence-electron chi connectivity index (χ2n) is 4.92. The number of ether oxygens (including phenoxy) is 1. The molecule has 3 nitrogen and oxygen atoms in total. The van der Waals surface area contributed by atoms with E-state index in [0.717, 1.165) is 18.7 Å². The first-order valence-electron chi connectivity index (χ1n) is 6.84. The molecular formula is C16H17NO2S.